The minimum atomic E-state index is 0.258. The Balaban J connectivity index is 2.41. The van der Waals surface area contributed by atoms with E-state index in [-0.39, 0.29) is 6.61 Å². The standard InChI is InChI=1S/C14H30N2OS/c1-5-16-8-6-7-13(9-16)11(2)15-12(3)14(10-17)18-4/h11-15,17H,5-10H2,1-4H3. The van der Waals surface area contributed by atoms with Gasteiger partial charge in [-0.15, -0.1) is 0 Å². The molecule has 0 aromatic rings. The van der Waals surface area contributed by atoms with Crippen LogP contribution in [0.1, 0.15) is 33.6 Å². The summed E-state index contributed by atoms with van der Waals surface area (Å²) < 4.78 is 0. The topological polar surface area (TPSA) is 35.5 Å². The lowest BCUT2D eigenvalue weighted by molar-refractivity contribution is 0.151. The first-order valence-electron chi connectivity index (χ1n) is 7.24. The van der Waals surface area contributed by atoms with Crippen LogP contribution in [0, 0.1) is 5.92 Å². The Hall–Kier alpha value is 0.230. The lowest BCUT2D eigenvalue weighted by Gasteiger charge is -2.37. The molecule has 1 aliphatic rings. The quantitative estimate of drug-likeness (QED) is 0.742. The van der Waals surface area contributed by atoms with E-state index in [1.165, 1.54) is 32.5 Å². The molecule has 1 saturated heterocycles. The molecule has 4 heteroatoms. The average Bonchev–Trinajstić information content (AvgIpc) is 2.40. The van der Waals surface area contributed by atoms with Crippen molar-refractivity contribution in [2.24, 2.45) is 5.92 Å². The third-order valence-electron chi connectivity index (χ3n) is 4.26. The van der Waals surface area contributed by atoms with Gasteiger partial charge in [0.1, 0.15) is 0 Å². The van der Waals surface area contributed by atoms with Crippen molar-refractivity contribution in [1.29, 1.82) is 0 Å². The molecule has 0 amide bonds. The summed E-state index contributed by atoms with van der Waals surface area (Å²) in [5, 5.41) is 13.3. The van der Waals surface area contributed by atoms with Gasteiger partial charge in [-0.05, 0) is 52.0 Å². The van der Waals surface area contributed by atoms with Crippen molar-refractivity contribution >= 4 is 11.8 Å². The lowest BCUT2D eigenvalue weighted by Crippen LogP contribution is -2.49. The summed E-state index contributed by atoms with van der Waals surface area (Å²) in [6.07, 6.45) is 4.73. The number of rotatable bonds is 7. The molecular formula is C14H30N2OS. The van der Waals surface area contributed by atoms with E-state index in [1.54, 1.807) is 11.8 Å². The van der Waals surface area contributed by atoms with E-state index in [4.69, 9.17) is 0 Å². The third-order valence-corrected chi connectivity index (χ3v) is 5.43. The Kier molecular flexibility index (Phi) is 7.61. The average molecular weight is 274 g/mol. The molecular weight excluding hydrogens is 244 g/mol. The van der Waals surface area contributed by atoms with Gasteiger partial charge in [-0.1, -0.05) is 6.92 Å². The Morgan fingerprint density at radius 3 is 2.72 bits per heavy atom. The predicted molar refractivity (Wildman–Crippen MR) is 81.3 cm³/mol. The number of nitrogens with zero attached hydrogens (tertiary/aromatic N) is 1. The first kappa shape index (κ1) is 16.3. The van der Waals surface area contributed by atoms with Gasteiger partial charge in [0.25, 0.3) is 0 Å². The molecule has 1 aliphatic heterocycles. The zero-order valence-electron chi connectivity index (χ0n) is 12.4. The molecule has 1 heterocycles. The van der Waals surface area contributed by atoms with E-state index < -0.39 is 0 Å². The molecule has 18 heavy (non-hydrogen) atoms. The van der Waals surface area contributed by atoms with E-state index in [1.807, 2.05) is 0 Å². The van der Waals surface area contributed by atoms with E-state index >= 15 is 0 Å². The molecule has 4 unspecified atom stereocenters. The Bertz CT molecular complexity index is 224. The number of aliphatic hydroxyl groups is 1. The molecule has 3 nitrogen and oxygen atoms in total. The minimum absolute atomic E-state index is 0.258. The largest absolute Gasteiger partial charge is 0.395 e. The fourth-order valence-electron chi connectivity index (χ4n) is 2.88. The summed E-state index contributed by atoms with van der Waals surface area (Å²) in [4.78, 5) is 2.55. The normalized spacial score (nSPS) is 26.8. The molecule has 0 spiro atoms. The second-order valence-electron chi connectivity index (χ2n) is 5.50. The molecule has 0 aromatic carbocycles. The Morgan fingerprint density at radius 2 is 2.17 bits per heavy atom. The number of likely N-dealkylation sites (tertiary alicyclic amines) is 1. The van der Waals surface area contributed by atoms with Gasteiger partial charge in [0.2, 0.25) is 0 Å². The number of thioether (sulfide) groups is 1. The van der Waals surface area contributed by atoms with Gasteiger partial charge in [0, 0.05) is 23.9 Å². The molecule has 2 N–H and O–H groups in total. The van der Waals surface area contributed by atoms with Crippen LogP contribution in [-0.2, 0) is 0 Å². The van der Waals surface area contributed by atoms with Crippen LogP contribution in [-0.4, -0.2) is 59.8 Å². The highest BCUT2D eigenvalue weighted by Gasteiger charge is 2.26. The van der Waals surface area contributed by atoms with Gasteiger partial charge < -0.3 is 15.3 Å². The molecule has 1 fully saturated rings. The molecule has 4 atom stereocenters. The molecule has 108 valence electrons. The Morgan fingerprint density at radius 1 is 1.44 bits per heavy atom. The maximum absolute atomic E-state index is 9.33. The van der Waals surface area contributed by atoms with Gasteiger partial charge in [0.05, 0.1) is 6.61 Å². The fraction of sp³-hybridized carbons (Fsp3) is 1.00. The minimum Gasteiger partial charge on any atom is -0.395 e. The van der Waals surface area contributed by atoms with Crippen molar-refractivity contribution in [3.63, 3.8) is 0 Å². The van der Waals surface area contributed by atoms with Crippen molar-refractivity contribution in [2.45, 2.75) is 50.9 Å². The van der Waals surface area contributed by atoms with Crippen LogP contribution < -0.4 is 5.32 Å². The van der Waals surface area contributed by atoms with Crippen LogP contribution in [0.3, 0.4) is 0 Å². The number of piperidine rings is 1. The summed E-state index contributed by atoms with van der Waals surface area (Å²) in [7, 11) is 0. The predicted octanol–water partition coefficient (Wildman–Crippen LogP) is 1.81. The first-order chi connectivity index (χ1) is 8.62. The van der Waals surface area contributed by atoms with Gasteiger partial charge in [-0.2, -0.15) is 11.8 Å². The lowest BCUT2D eigenvalue weighted by atomic mass is 9.91. The van der Waals surface area contributed by atoms with Gasteiger partial charge in [0.15, 0.2) is 0 Å². The summed E-state index contributed by atoms with van der Waals surface area (Å²) in [5.74, 6) is 0.752. The monoisotopic (exact) mass is 274 g/mol. The van der Waals surface area contributed by atoms with Crippen LogP contribution in [0.25, 0.3) is 0 Å². The van der Waals surface area contributed by atoms with E-state index in [0.29, 0.717) is 17.3 Å². The summed E-state index contributed by atoms with van der Waals surface area (Å²) in [6.45, 7) is 10.7. The number of aliphatic hydroxyl groups excluding tert-OH is 1. The smallest absolute Gasteiger partial charge is 0.0564 e. The highest BCUT2D eigenvalue weighted by molar-refractivity contribution is 7.99. The van der Waals surface area contributed by atoms with E-state index in [9.17, 15) is 5.11 Å². The van der Waals surface area contributed by atoms with Crippen molar-refractivity contribution in [2.75, 3.05) is 32.5 Å². The van der Waals surface area contributed by atoms with Crippen molar-refractivity contribution in [3.05, 3.63) is 0 Å². The Labute approximate surface area is 117 Å². The summed E-state index contributed by atoms with van der Waals surface area (Å²) in [6, 6.07) is 0.910. The van der Waals surface area contributed by atoms with E-state index in [2.05, 4.69) is 37.2 Å². The highest BCUT2D eigenvalue weighted by atomic mass is 32.2. The molecule has 0 bridgehead atoms. The van der Waals surface area contributed by atoms with Crippen molar-refractivity contribution in [3.8, 4) is 0 Å². The SMILES string of the molecule is CCN1CCCC(C(C)NC(C)C(CO)SC)C1. The second kappa shape index (κ2) is 8.41. The maximum Gasteiger partial charge on any atom is 0.0564 e. The number of nitrogens with one attached hydrogen (secondary N) is 1. The van der Waals surface area contributed by atoms with Crippen molar-refractivity contribution in [1.82, 2.24) is 10.2 Å². The van der Waals surface area contributed by atoms with Crippen LogP contribution in [0.2, 0.25) is 0 Å². The molecule has 0 saturated carbocycles. The molecule has 0 aliphatic carbocycles. The number of hydrogen-bond donors (Lipinski definition) is 2. The van der Waals surface area contributed by atoms with Crippen LogP contribution in [0.5, 0.6) is 0 Å². The van der Waals surface area contributed by atoms with Crippen LogP contribution >= 0.6 is 11.8 Å². The first-order valence-corrected chi connectivity index (χ1v) is 8.53. The fourth-order valence-corrected chi connectivity index (χ4v) is 3.52. The van der Waals surface area contributed by atoms with Crippen LogP contribution in [0.15, 0.2) is 0 Å². The highest BCUT2D eigenvalue weighted by Crippen LogP contribution is 2.21. The molecule has 0 radical (unpaired) electrons. The van der Waals surface area contributed by atoms with Gasteiger partial charge in [-0.3, -0.25) is 0 Å². The second-order valence-corrected chi connectivity index (χ2v) is 6.57. The molecule has 1 rings (SSSR count). The summed E-state index contributed by atoms with van der Waals surface area (Å²) in [5.41, 5.74) is 0. The summed E-state index contributed by atoms with van der Waals surface area (Å²) >= 11 is 1.75. The van der Waals surface area contributed by atoms with Gasteiger partial charge in [-0.25, -0.2) is 0 Å². The maximum atomic E-state index is 9.33. The third kappa shape index (κ3) is 4.72. The van der Waals surface area contributed by atoms with Crippen molar-refractivity contribution < 1.29 is 5.11 Å². The number of hydrogen-bond acceptors (Lipinski definition) is 4. The zero-order valence-corrected chi connectivity index (χ0v) is 13.2. The van der Waals surface area contributed by atoms with Gasteiger partial charge >= 0.3 is 0 Å². The van der Waals surface area contributed by atoms with E-state index in [0.717, 1.165) is 5.92 Å². The molecule has 0 aromatic heterocycles. The van der Waals surface area contributed by atoms with Crippen LogP contribution in [0.4, 0.5) is 0 Å². The zero-order chi connectivity index (χ0) is 13.5.